The molecule has 1 aliphatic rings. The molecule has 23 nitrogen and oxygen atoms in total. The van der Waals surface area contributed by atoms with Gasteiger partial charge in [0, 0.05) is 84.4 Å². The average molecular weight is 2010 g/mol. The molecule has 1 heterocycles. The Kier molecular flexibility index (Phi) is 173. The summed E-state index contributed by atoms with van der Waals surface area (Å²) < 4.78 is 10.4. The number of carboxylic acids is 3. The second kappa shape index (κ2) is 107. The third kappa shape index (κ3) is 223. The molecular formula is C40H87I7N7O16Pt+. The topological polar surface area (TPSA) is 340 Å². The number of hydrogen-bond acceptors (Lipinski definition) is 14. The number of carbonyl (C=O) groups excluding carboxylic acids is 6. The Labute approximate surface area is 538 Å². The van der Waals surface area contributed by atoms with E-state index in [0.717, 1.165) is 13.1 Å². The van der Waals surface area contributed by atoms with Gasteiger partial charge >= 0.3 is 35.2 Å². The maximum Gasteiger partial charge on any atom is 0 e. The molecule has 71 heavy (non-hydrogen) atoms. The van der Waals surface area contributed by atoms with Crippen LogP contribution in [0.15, 0.2) is 0 Å². The van der Waals surface area contributed by atoms with Crippen LogP contribution in [0.2, 0.25) is 0 Å². The number of carbonyl (C=O) groups is 9. The summed E-state index contributed by atoms with van der Waals surface area (Å²) in [6.45, 7) is 29.9. The number of hydrogen-bond donors (Lipinski definition) is 6. The number of likely N-dealkylation sites (N-methyl/N-ethyl adjacent to an activating group) is 5. The molecule has 0 spiro atoms. The van der Waals surface area contributed by atoms with Crippen LogP contribution in [0.4, 0.5) is 0 Å². The quantitative estimate of drug-likeness (QED) is 0.0615. The molecule has 4 amide bonds. The Balaban J connectivity index is -0.0000000335. The van der Waals surface area contributed by atoms with Crippen molar-refractivity contribution in [3.63, 3.8) is 0 Å². The van der Waals surface area contributed by atoms with E-state index in [4.69, 9.17) is 44.6 Å². The van der Waals surface area contributed by atoms with Gasteiger partial charge in [-0.1, -0.05) is 177 Å². The van der Waals surface area contributed by atoms with Gasteiger partial charge in [0.25, 0.3) is 0 Å². The van der Waals surface area contributed by atoms with Gasteiger partial charge in [-0.2, -0.15) is 0 Å². The largest absolute Gasteiger partial charge is 0 e. The molecule has 436 valence electrons. The Morgan fingerprint density at radius 1 is 0.775 bits per heavy atom. The molecule has 0 saturated carbocycles. The van der Waals surface area contributed by atoms with Gasteiger partial charge in [-0.3, -0.25) is 38.5 Å². The van der Waals surface area contributed by atoms with Crippen LogP contribution in [0.5, 0.6) is 0 Å². The predicted octanol–water partition coefficient (Wildman–Crippen LogP) is 6.18. The Morgan fingerprint density at radius 2 is 1.03 bits per heavy atom. The van der Waals surface area contributed by atoms with E-state index < -0.39 is 23.9 Å². The first-order chi connectivity index (χ1) is 31.8. The van der Waals surface area contributed by atoms with Gasteiger partial charge < -0.3 is 55.9 Å². The summed E-state index contributed by atoms with van der Waals surface area (Å²) in [5, 5.41) is 37.5. The van der Waals surface area contributed by atoms with Crippen LogP contribution >= 0.6 is 160 Å². The fraction of sp³-hybridized carbons (Fsp3) is 0.750. The van der Waals surface area contributed by atoms with Crippen molar-refractivity contribution in [2.75, 3.05) is 108 Å². The van der Waals surface area contributed by atoms with Gasteiger partial charge in [0.05, 0.1) is 39.6 Å². The smallest absolute Gasteiger partial charge is 0 e. The van der Waals surface area contributed by atoms with Crippen LogP contribution < -0.4 is 16.0 Å². The Hall–Kier alpha value is 0.448. The molecule has 1 fully saturated rings. The van der Waals surface area contributed by atoms with Crippen molar-refractivity contribution in [2.45, 2.75) is 82.0 Å². The van der Waals surface area contributed by atoms with Crippen LogP contribution in [0.3, 0.4) is 0 Å². The fourth-order valence-electron chi connectivity index (χ4n) is 1.77. The number of aliphatic carboxylic acids is 3. The molecule has 31 heteroatoms. The summed E-state index contributed by atoms with van der Waals surface area (Å²) in [4.78, 5) is 110. The average Bonchev–Trinajstić information content (AvgIpc) is 3.28. The van der Waals surface area contributed by atoms with Gasteiger partial charge in [-0.15, -0.1) is 24.0 Å². The summed E-state index contributed by atoms with van der Waals surface area (Å²) in [7, 11) is 10.0. The van der Waals surface area contributed by atoms with Crippen LogP contribution in [0.1, 0.15) is 82.6 Å². The van der Waals surface area contributed by atoms with E-state index >= 15 is 0 Å². The molecule has 0 atom stereocenters. The number of nitrogens with zero attached hydrogens (tertiary/aromatic N) is 4. The van der Waals surface area contributed by atoms with Gasteiger partial charge in [0.1, 0.15) is 6.22 Å². The molecule has 1 aliphatic heterocycles. The normalized spacial score (nSPS) is 9.00. The molecule has 0 aromatic carbocycles. The van der Waals surface area contributed by atoms with E-state index in [9.17, 15) is 33.6 Å². The van der Waals surface area contributed by atoms with Crippen molar-refractivity contribution < 1.29 is 89.3 Å². The molecular weight excluding hydrogens is 1920 g/mol. The van der Waals surface area contributed by atoms with Crippen molar-refractivity contribution >= 4 is 214 Å². The van der Waals surface area contributed by atoms with Gasteiger partial charge in [0.15, 0.2) is 0 Å². The Bertz CT molecular complexity index is 1130. The third-order valence-electron chi connectivity index (χ3n) is 4.95. The minimum atomic E-state index is -0.822. The zero-order chi connectivity index (χ0) is 59.3. The molecule has 0 bridgehead atoms. The number of rotatable bonds is 10. The molecule has 8 N–H and O–H groups in total. The maximum atomic E-state index is 10.9. The minimum absolute atomic E-state index is 0. The second-order valence-electron chi connectivity index (χ2n) is 11.0. The summed E-state index contributed by atoms with van der Waals surface area (Å²) in [5.41, 5.74) is 0. The zero-order valence-electron chi connectivity index (χ0n) is 44.5. The molecule has 1 rings (SSSR count). The zero-order valence-corrected chi connectivity index (χ0v) is 62.1. The molecule has 0 unspecified atom stereocenters. The van der Waals surface area contributed by atoms with E-state index in [2.05, 4.69) is 179 Å². The van der Waals surface area contributed by atoms with Crippen LogP contribution in [-0.2, 0) is 68.9 Å². The first-order valence-corrected chi connectivity index (χ1v) is 28.3. The SMILES string of the molecule is C=O.CC.CC(=O)[OH2+].CC(I)(I)I.CCCI.CCI.CCN(C)C(C)=O.CCN(C)CC(=O)O.CCNCC(=O)O.CI.CN1CC(=O)N(C)CC1=O.CNC(C)=O.CNCC(=O)O.I.O=O.[C-]#[O+].[Pt]. The van der Waals surface area contributed by atoms with E-state index in [0.29, 0.717) is 5.98 Å². The Morgan fingerprint density at radius 3 is 1.10 bits per heavy atom. The number of nitrogens with one attached hydrogen (secondary N) is 3. The van der Waals surface area contributed by atoms with E-state index in [1.807, 2.05) is 46.3 Å². The molecule has 0 aromatic heterocycles. The number of amides is 4. The second-order valence-corrected chi connectivity index (χ2v) is 26.2. The summed E-state index contributed by atoms with van der Waals surface area (Å²) >= 11 is 13.8. The van der Waals surface area contributed by atoms with Gasteiger partial charge in [-0.25, -0.2) is 0 Å². The van der Waals surface area contributed by atoms with Crippen LogP contribution in [0.25, 0.3) is 0 Å². The maximum absolute atomic E-state index is 10.9. The van der Waals surface area contributed by atoms with Gasteiger partial charge in [-0.05, 0) is 61.2 Å². The predicted molar refractivity (Wildman–Crippen MR) is 346 cm³/mol. The van der Waals surface area contributed by atoms with Crippen LogP contribution in [0, 0.1) is 16.6 Å². The molecule has 1 saturated heterocycles. The number of carboxylic acid groups (broad SMARTS) is 3. The molecule has 0 radical (unpaired) electrons. The van der Waals surface area contributed by atoms with Crippen molar-refractivity contribution in [1.29, 1.82) is 0 Å². The van der Waals surface area contributed by atoms with Crippen molar-refractivity contribution in [2.24, 2.45) is 0 Å². The number of alkyl halides is 6. The monoisotopic (exact) mass is 2000 g/mol. The van der Waals surface area contributed by atoms with E-state index in [-0.39, 0.29) is 101 Å². The number of halogens is 7. The number of piperazine rings is 1. The van der Waals surface area contributed by atoms with E-state index in [1.165, 1.54) is 38.9 Å². The van der Waals surface area contributed by atoms with Crippen molar-refractivity contribution in [3.8, 4) is 0 Å². The van der Waals surface area contributed by atoms with E-state index in [1.54, 1.807) is 59.0 Å². The molecule has 0 aliphatic carbocycles. The first kappa shape index (κ1) is 115. The van der Waals surface area contributed by atoms with Crippen LogP contribution in [-0.4, -0.2) is 202 Å². The van der Waals surface area contributed by atoms with Crippen molar-refractivity contribution in [3.05, 3.63) is 16.6 Å². The summed E-state index contributed by atoms with van der Waals surface area (Å²) in [5.74, 6) is -2.84. The standard InChI is InChI=1S/C6H10N2O2.C5H11NO2.C5H11NO.C4H9NO2.C3H7I.C3H7NO2.C3H7NO.C2H3I3.C2H5I.C2H4O2.C2H6.CH3I.CH2O.CO.HI.O2.Pt/c1-7-3-6(10)8(2)4-5(7)9;1-3-6(2)4-5(7)8;1-4-6(3)5(2)7;1-2-5-3-4(6)7;1-2-3-4;1-4-2-3(5)6;1-3(5)4-2;1-2(3,4)5;1-2-3;1-2(3)4;4*1-2;;1-2;/h3-4H2,1-2H3;3-4H2,1-2H3,(H,7,8);4H2,1-3H3;5H,2-3H2,1H3,(H,6,7);2-3H2,1H3;4H,2H2,1H3,(H,5,6);1-2H3,(H,4,5);1H3;2H2,1H3;1H3,(H,3,4);1-2H3;1H3;1H2;;1H;;/p+1. The minimum Gasteiger partial charge on any atom is 0 e. The summed E-state index contributed by atoms with van der Waals surface area (Å²) in [6.07, 6.45) is 1.31. The third-order valence-corrected chi connectivity index (χ3v) is 6.03. The van der Waals surface area contributed by atoms with Crippen molar-refractivity contribution in [1.82, 2.24) is 35.6 Å². The molecule has 0 aromatic rings. The van der Waals surface area contributed by atoms with Gasteiger partial charge in [0.2, 0.25) is 23.6 Å². The fourth-order valence-corrected chi connectivity index (χ4v) is 1.77. The summed E-state index contributed by atoms with van der Waals surface area (Å²) in [6, 6.07) is 0. The first-order valence-electron chi connectivity index (χ1n) is 19.8.